The number of aromatic nitrogens is 1. The molecule has 100 valence electrons. The molecule has 2 heterocycles. The van der Waals surface area contributed by atoms with Crippen LogP contribution in [0, 0.1) is 0 Å². The van der Waals surface area contributed by atoms with Gasteiger partial charge >= 0.3 is 5.97 Å². The molecule has 19 heavy (non-hydrogen) atoms. The molecule has 0 radical (unpaired) electrons. The van der Waals surface area contributed by atoms with E-state index < -0.39 is 5.97 Å². The van der Waals surface area contributed by atoms with Gasteiger partial charge in [0.2, 0.25) is 0 Å². The first-order valence-corrected chi connectivity index (χ1v) is 6.74. The zero-order valence-electron chi connectivity index (χ0n) is 10.7. The van der Waals surface area contributed by atoms with Crippen LogP contribution in [0.3, 0.4) is 0 Å². The molecule has 5 nitrogen and oxygen atoms in total. The Morgan fingerprint density at radius 2 is 2.26 bits per heavy atom. The Bertz CT molecular complexity index is 607. The highest BCUT2D eigenvalue weighted by Gasteiger charge is 2.12. The van der Waals surface area contributed by atoms with Crippen LogP contribution in [0.1, 0.15) is 24.2 Å². The molecular weight excluding hydrogens is 264 g/mol. The lowest BCUT2D eigenvalue weighted by Crippen LogP contribution is -2.33. The van der Waals surface area contributed by atoms with Crippen molar-refractivity contribution in [3.05, 3.63) is 29.3 Å². The molecule has 6 heteroatoms. The Morgan fingerprint density at radius 3 is 3.00 bits per heavy atom. The number of fused-ring (bicyclic) bond motifs is 1. The molecule has 0 atom stereocenters. The van der Waals surface area contributed by atoms with Crippen molar-refractivity contribution in [2.24, 2.45) is 0 Å². The predicted molar refractivity (Wildman–Crippen MR) is 73.2 cm³/mol. The number of pyridine rings is 1. The third kappa shape index (κ3) is 3.51. The van der Waals surface area contributed by atoms with Crippen LogP contribution < -0.4 is 5.32 Å². The van der Waals surface area contributed by atoms with Crippen LogP contribution in [0.2, 0.25) is 0 Å². The third-order valence-electron chi connectivity index (χ3n) is 2.32. The van der Waals surface area contributed by atoms with Gasteiger partial charge in [-0.05, 0) is 31.4 Å². The number of rotatable bonds is 4. The van der Waals surface area contributed by atoms with Gasteiger partial charge in [-0.15, -0.1) is 11.3 Å². The van der Waals surface area contributed by atoms with Gasteiger partial charge in [0.05, 0.1) is 15.8 Å². The average Bonchev–Trinajstić information content (AvgIpc) is 2.82. The van der Waals surface area contributed by atoms with Gasteiger partial charge in [-0.2, -0.15) is 0 Å². The normalized spacial score (nSPS) is 10.7. The maximum Gasteiger partial charge on any atom is 0.340 e. The van der Waals surface area contributed by atoms with Gasteiger partial charge in [0.1, 0.15) is 0 Å². The van der Waals surface area contributed by atoms with Crippen LogP contribution in [-0.2, 0) is 9.53 Å². The summed E-state index contributed by atoms with van der Waals surface area (Å²) in [7, 11) is 0. The zero-order chi connectivity index (χ0) is 13.8. The minimum Gasteiger partial charge on any atom is -0.452 e. The summed E-state index contributed by atoms with van der Waals surface area (Å²) in [6, 6.07) is 3.62. The van der Waals surface area contributed by atoms with Crippen LogP contribution >= 0.6 is 11.3 Å². The molecule has 0 saturated carbocycles. The Labute approximate surface area is 114 Å². The molecule has 0 spiro atoms. The standard InChI is InChI=1S/C13H14N2O3S/c1-8(2)15-12(16)7-18-13(17)9-5-11-10(14-6-9)3-4-19-11/h3-6,8H,7H2,1-2H3,(H,15,16). The molecule has 2 rings (SSSR count). The van der Waals surface area contributed by atoms with Crippen LogP contribution in [0.15, 0.2) is 23.7 Å². The van der Waals surface area contributed by atoms with E-state index in [1.54, 1.807) is 6.07 Å². The minimum absolute atomic E-state index is 0.0235. The quantitative estimate of drug-likeness (QED) is 0.868. The lowest BCUT2D eigenvalue weighted by atomic mass is 10.3. The molecule has 0 unspecified atom stereocenters. The number of nitrogens with one attached hydrogen (secondary N) is 1. The fourth-order valence-corrected chi connectivity index (χ4v) is 2.32. The van der Waals surface area contributed by atoms with E-state index in [2.05, 4.69) is 10.3 Å². The maximum atomic E-state index is 11.8. The number of ether oxygens (including phenoxy) is 1. The second kappa shape index (κ2) is 5.79. The second-order valence-corrected chi connectivity index (χ2v) is 5.27. The molecule has 0 aliphatic rings. The van der Waals surface area contributed by atoms with E-state index in [1.807, 2.05) is 25.3 Å². The van der Waals surface area contributed by atoms with Crippen molar-refractivity contribution in [3.63, 3.8) is 0 Å². The van der Waals surface area contributed by atoms with Gasteiger partial charge in [-0.3, -0.25) is 9.78 Å². The van der Waals surface area contributed by atoms with Crippen LogP contribution in [0.4, 0.5) is 0 Å². The van der Waals surface area contributed by atoms with Crippen LogP contribution in [-0.4, -0.2) is 29.5 Å². The van der Waals surface area contributed by atoms with Gasteiger partial charge in [-0.1, -0.05) is 0 Å². The smallest absolute Gasteiger partial charge is 0.340 e. The Balaban J connectivity index is 1.97. The number of nitrogens with zero attached hydrogens (tertiary/aromatic N) is 1. The molecule has 1 amide bonds. The van der Waals surface area contributed by atoms with Crippen molar-refractivity contribution in [3.8, 4) is 0 Å². The van der Waals surface area contributed by atoms with E-state index in [-0.39, 0.29) is 18.6 Å². The Kier molecular flexibility index (Phi) is 4.11. The highest BCUT2D eigenvalue weighted by molar-refractivity contribution is 7.17. The van der Waals surface area contributed by atoms with Crippen molar-refractivity contribution in [2.75, 3.05) is 6.61 Å². The molecule has 0 fully saturated rings. The third-order valence-corrected chi connectivity index (χ3v) is 3.18. The maximum absolute atomic E-state index is 11.8. The average molecular weight is 278 g/mol. The van der Waals surface area contributed by atoms with Gasteiger partial charge in [0.15, 0.2) is 6.61 Å². The van der Waals surface area contributed by atoms with E-state index >= 15 is 0 Å². The largest absolute Gasteiger partial charge is 0.452 e. The fourth-order valence-electron chi connectivity index (χ4n) is 1.54. The second-order valence-electron chi connectivity index (χ2n) is 4.33. The topological polar surface area (TPSA) is 68.3 Å². The summed E-state index contributed by atoms with van der Waals surface area (Å²) in [6.07, 6.45) is 1.46. The summed E-state index contributed by atoms with van der Waals surface area (Å²) in [5, 5.41) is 4.55. The molecule has 0 bridgehead atoms. The SMILES string of the molecule is CC(C)NC(=O)COC(=O)c1cnc2ccsc2c1. The molecule has 0 saturated heterocycles. The minimum atomic E-state index is -0.540. The van der Waals surface area contributed by atoms with E-state index in [1.165, 1.54) is 17.5 Å². The first-order valence-electron chi connectivity index (χ1n) is 5.86. The van der Waals surface area contributed by atoms with Crippen molar-refractivity contribution >= 4 is 33.4 Å². The lowest BCUT2D eigenvalue weighted by molar-refractivity contribution is -0.124. The first-order chi connectivity index (χ1) is 9.06. The summed E-state index contributed by atoms with van der Waals surface area (Å²) in [5.74, 6) is -0.852. The monoisotopic (exact) mass is 278 g/mol. The number of hydrogen-bond acceptors (Lipinski definition) is 5. The van der Waals surface area contributed by atoms with Crippen LogP contribution in [0.5, 0.6) is 0 Å². The van der Waals surface area contributed by atoms with Gasteiger partial charge in [0, 0.05) is 12.2 Å². The summed E-state index contributed by atoms with van der Waals surface area (Å²) in [6.45, 7) is 3.40. The molecule has 0 aliphatic carbocycles. The van der Waals surface area contributed by atoms with Gasteiger partial charge < -0.3 is 10.1 Å². The number of hydrogen-bond donors (Lipinski definition) is 1. The van der Waals surface area contributed by atoms with Crippen LogP contribution in [0.25, 0.3) is 10.2 Å². The predicted octanol–water partition coefficient (Wildman–Crippen LogP) is 1.98. The molecule has 0 aliphatic heterocycles. The fraction of sp³-hybridized carbons (Fsp3) is 0.308. The molecule has 1 N–H and O–H groups in total. The summed E-state index contributed by atoms with van der Waals surface area (Å²) < 4.78 is 5.85. The first kappa shape index (κ1) is 13.5. The van der Waals surface area contributed by atoms with Gasteiger partial charge in [0.25, 0.3) is 5.91 Å². The molecule has 0 aromatic carbocycles. The number of carbonyl (C=O) groups excluding carboxylic acids is 2. The molecule has 2 aromatic heterocycles. The van der Waals surface area contributed by atoms with Crippen molar-refractivity contribution in [1.29, 1.82) is 0 Å². The summed E-state index contributed by atoms with van der Waals surface area (Å²) in [5.41, 5.74) is 1.20. The number of amides is 1. The van der Waals surface area contributed by atoms with E-state index in [9.17, 15) is 9.59 Å². The highest BCUT2D eigenvalue weighted by atomic mass is 32.1. The zero-order valence-corrected chi connectivity index (χ0v) is 11.5. The Morgan fingerprint density at radius 1 is 1.47 bits per heavy atom. The molecule has 2 aromatic rings. The van der Waals surface area contributed by atoms with E-state index in [0.29, 0.717) is 5.56 Å². The highest BCUT2D eigenvalue weighted by Crippen LogP contribution is 2.19. The Hall–Kier alpha value is -1.95. The summed E-state index contributed by atoms with van der Waals surface area (Å²) >= 11 is 1.50. The van der Waals surface area contributed by atoms with Crippen molar-refractivity contribution < 1.29 is 14.3 Å². The lowest BCUT2D eigenvalue weighted by Gasteiger charge is -2.08. The van der Waals surface area contributed by atoms with E-state index in [4.69, 9.17) is 4.74 Å². The van der Waals surface area contributed by atoms with Crippen molar-refractivity contribution in [2.45, 2.75) is 19.9 Å². The molecular formula is C13H14N2O3S. The van der Waals surface area contributed by atoms with E-state index in [0.717, 1.165) is 10.2 Å². The number of thiophene rings is 1. The van der Waals surface area contributed by atoms with Crippen molar-refractivity contribution in [1.82, 2.24) is 10.3 Å². The van der Waals surface area contributed by atoms with Gasteiger partial charge in [-0.25, -0.2) is 4.79 Å². The number of esters is 1. The summed E-state index contributed by atoms with van der Waals surface area (Å²) in [4.78, 5) is 27.3. The number of carbonyl (C=O) groups is 2.